The lowest BCUT2D eigenvalue weighted by molar-refractivity contribution is -0.138. The molecule has 0 radical (unpaired) electrons. The minimum Gasteiger partial charge on any atom is -0.478 e. The number of carbonyl (C=O) groups is 1. The summed E-state index contributed by atoms with van der Waals surface area (Å²) in [5.41, 5.74) is -2.31. The van der Waals surface area contributed by atoms with Gasteiger partial charge < -0.3 is 9.67 Å². The van der Waals surface area contributed by atoms with E-state index in [9.17, 15) is 26.7 Å². The van der Waals surface area contributed by atoms with Crippen LogP contribution in [0.4, 0.5) is 22.0 Å². The standard InChI is InChI=1S/C13H8F5NO2/c14-8-2-1-7(11(15)3-8)4-19-5-9(12(20)21)10(6-19)13(16,17)18/h1-3,5-6H,4H2,(H,20,21). The Balaban J connectivity index is 2.39. The number of aromatic carboxylic acids is 1. The molecule has 0 bridgehead atoms. The first kappa shape index (κ1) is 15.0. The zero-order valence-electron chi connectivity index (χ0n) is 10.3. The van der Waals surface area contributed by atoms with E-state index in [1.165, 1.54) is 0 Å². The molecule has 0 aliphatic rings. The van der Waals surface area contributed by atoms with Crippen LogP contribution in [0.25, 0.3) is 0 Å². The Kier molecular flexibility index (Phi) is 3.71. The highest BCUT2D eigenvalue weighted by Gasteiger charge is 2.37. The van der Waals surface area contributed by atoms with Crippen molar-refractivity contribution in [1.82, 2.24) is 4.57 Å². The van der Waals surface area contributed by atoms with Gasteiger partial charge in [0.05, 0.1) is 11.1 Å². The minimum absolute atomic E-state index is 0.0583. The normalized spacial score (nSPS) is 11.7. The summed E-state index contributed by atoms with van der Waals surface area (Å²) in [6.07, 6.45) is -3.50. The third-order valence-electron chi connectivity index (χ3n) is 2.78. The number of benzene rings is 1. The van der Waals surface area contributed by atoms with E-state index in [0.717, 1.165) is 22.9 Å². The second kappa shape index (κ2) is 5.19. The van der Waals surface area contributed by atoms with Gasteiger partial charge in [-0.05, 0) is 6.07 Å². The average molecular weight is 305 g/mol. The van der Waals surface area contributed by atoms with Crippen LogP contribution in [0.15, 0.2) is 30.6 Å². The van der Waals surface area contributed by atoms with E-state index in [1.807, 2.05) is 0 Å². The fourth-order valence-electron chi connectivity index (χ4n) is 1.84. The summed E-state index contributed by atoms with van der Waals surface area (Å²) in [7, 11) is 0. The maximum atomic E-state index is 13.4. The SMILES string of the molecule is O=C(O)c1cn(Cc2ccc(F)cc2F)cc1C(F)(F)F. The predicted octanol–water partition coefficient (Wildman–Crippen LogP) is 3.53. The molecule has 21 heavy (non-hydrogen) atoms. The summed E-state index contributed by atoms with van der Waals surface area (Å²) in [6, 6.07) is 2.64. The molecule has 1 N–H and O–H groups in total. The van der Waals surface area contributed by atoms with E-state index in [2.05, 4.69) is 0 Å². The Labute approximate surface area is 115 Å². The molecule has 0 atom stereocenters. The van der Waals surface area contributed by atoms with Crippen molar-refractivity contribution in [3.05, 3.63) is 58.9 Å². The van der Waals surface area contributed by atoms with Crippen LogP contribution in [0, 0.1) is 11.6 Å². The number of alkyl halides is 3. The molecule has 1 heterocycles. The molecule has 0 unspecified atom stereocenters. The molecule has 1 aromatic heterocycles. The minimum atomic E-state index is -4.83. The molecule has 0 spiro atoms. The van der Waals surface area contributed by atoms with Crippen molar-refractivity contribution >= 4 is 5.97 Å². The fraction of sp³-hybridized carbons (Fsp3) is 0.154. The number of hydrogen-bond donors (Lipinski definition) is 1. The Morgan fingerprint density at radius 1 is 1.19 bits per heavy atom. The van der Waals surface area contributed by atoms with Crippen LogP contribution in [-0.4, -0.2) is 15.6 Å². The first-order valence-electron chi connectivity index (χ1n) is 5.62. The summed E-state index contributed by atoms with van der Waals surface area (Å²) in [6.45, 7) is -0.345. The zero-order valence-corrected chi connectivity index (χ0v) is 10.3. The van der Waals surface area contributed by atoms with Crippen molar-refractivity contribution in [3.8, 4) is 0 Å². The van der Waals surface area contributed by atoms with Crippen molar-refractivity contribution in [2.24, 2.45) is 0 Å². The fourth-order valence-corrected chi connectivity index (χ4v) is 1.84. The Hall–Kier alpha value is -2.38. The summed E-state index contributed by atoms with van der Waals surface area (Å²) < 4.78 is 65.2. The van der Waals surface area contributed by atoms with Crippen LogP contribution in [0.2, 0.25) is 0 Å². The van der Waals surface area contributed by atoms with Crippen LogP contribution < -0.4 is 0 Å². The number of nitrogens with zero attached hydrogens (tertiary/aromatic N) is 1. The first-order chi connectivity index (χ1) is 9.68. The van der Waals surface area contributed by atoms with E-state index in [-0.39, 0.29) is 12.1 Å². The predicted molar refractivity (Wildman–Crippen MR) is 61.9 cm³/mol. The van der Waals surface area contributed by atoms with Crippen LogP contribution in [0.3, 0.4) is 0 Å². The van der Waals surface area contributed by atoms with E-state index in [4.69, 9.17) is 5.11 Å². The highest BCUT2D eigenvalue weighted by Crippen LogP contribution is 2.33. The molecule has 8 heteroatoms. The monoisotopic (exact) mass is 305 g/mol. The molecule has 3 nitrogen and oxygen atoms in total. The lowest BCUT2D eigenvalue weighted by Gasteiger charge is -2.05. The van der Waals surface area contributed by atoms with Crippen molar-refractivity contribution in [2.45, 2.75) is 12.7 Å². The van der Waals surface area contributed by atoms with Gasteiger partial charge in [0.1, 0.15) is 11.6 Å². The maximum Gasteiger partial charge on any atom is 0.418 e. The summed E-state index contributed by atoms with van der Waals surface area (Å²) in [5, 5.41) is 8.76. The van der Waals surface area contributed by atoms with E-state index < -0.39 is 34.9 Å². The average Bonchev–Trinajstić information content (AvgIpc) is 2.77. The molecule has 0 amide bonds. The highest BCUT2D eigenvalue weighted by molar-refractivity contribution is 5.89. The molecule has 0 saturated carbocycles. The smallest absolute Gasteiger partial charge is 0.418 e. The summed E-state index contributed by atoms with van der Waals surface area (Å²) >= 11 is 0. The van der Waals surface area contributed by atoms with Gasteiger partial charge in [0, 0.05) is 30.6 Å². The van der Waals surface area contributed by atoms with Crippen molar-refractivity contribution in [3.63, 3.8) is 0 Å². The highest BCUT2D eigenvalue weighted by atomic mass is 19.4. The van der Waals surface area contributed by atoms with Gasteiger partial charge in [0.2, 0.25) is 0 Å². The lowest BCUT2D eigenvalue weighted by Crippen LogP contribution is -2.09. The lowest BCUT2D eigenvalue weighted by atomic mass is 10.2. The molecule has 2 rings (SSSR count). The van der Waals surface area contributed by atoms with Crippen molar-refractivity contribution in [1.29, 1.82) is 0 Å². The molecular formula is C13H8F5NO2. The molecule has 0 aliphatic heterocycles. The molecule has 0 aliphatic carbocycles. The zero-order chi connectivity index (χ0) is 15.8. The molecule has 1 aromatic carbocycles. The second-order valence-corrected chi connectivity index (χ2v) is 4.30. The van der Waals surface area contributed by atoms with E-state index in [0.29, 0.717) is 12.3 Å². The maximum absolute atomic E-state index is 13.4. The Bertz CT molecular complexity index is 690. The van der Waals surface area contributed by atoms with Crippen LogP contribution in [0.1, 0.15) is 21.5 Å². The Morgan fingerprint density at radius 2 is 1.86 bits per heavy atom. The number of carboxylic acids is 1. The van der Waals surface area contributed by atoms with Crippen molar-refractivity contribution < 1.29 is 31.9 Å². The Morgan fingerprint density at radius 3 is 2.33 bits per heavy atom. The van der Waals surface area contributed by atoms with Gasteiger partial charge in [-0.25, -0.2) is 13.6 Å². The summed E-state index contributed by atoms with van der Waals surface area (Å²) in [5.74, 6) is -3.47. The first-order valence-corrected chi connectivity index (χ1v) is 5.62. The van der Waals surface area contributed by atoms with Crippen LogP contribution in [-0.2, 0) is 12.7 Å². The van der Waals surface area contributed by atoms with Crippen molar-refractivity contribution in [2.75, 3.05) is 0 Å². The van der Waals surface area contributed by atoms with Crippen LogP contribution in [0.5, 0.6) is 0 Å². The number of hydrogen-bond acceptors (Lipinski definition) is 1. The quantitative estimate of drug-likeness (QED) is 0.881. The summed E-state index contributed by atoms with van der Waals surface area (Å²) in [4.78, 5) is 10.8. The second-order valence-electron chi connectivity index (χ2n) is 4.30. The van der Waals surface area contributed by atoms with Gasteiger partial charge in [0.15, 0.2) is 0 Å². The largest absolute Gasteiger partial charge is 0.478 e. The van der Waals surface area contributed by atoms with E-state index in [1.54, 1.807) is 0 Å². The number of aromatic nitrogens is 1. The van der Waals surface area contributed by atoms with E-state index >= 15 is 0 Å². The van der Waals surface area contributed by atoms with Crippen LogP contribution >= 0.6 is 0 Å². The van der Waals surface area contributed by atoms with Gasteiger partial charge in [-0.1, -0.05) is 6.07 Å². The number of halogens is 5. The topological polar surface area (TPSA) is 42.2 Å². The van der Waals surface area contributed by atoms with Gasteiger partial charge in [-0.3, -0.25) is 0 Å². The third-order valence-corrected chi connectivity index (χ3v) is 2.78. The molecule has 0 fully saturated rings. The molecule has 112 valence electrons. The van der Waals surface area contributed by atoms with Gasteiger partial charge in [-0.15, -0.1) is 0 Å². The van der Waals surface area contributed by atoms with Gasteiger partial charge >= 0.3 is 12.1 Å². The third kappa shape index (κ3) is 3.21. The molecule has 2 aromatic rings. The van der Waals surface area contributed by atoms with Gasteiger partial charge in [-0.2, -0.15) is 13.2 Å². The number of carboxylic acid groups (broad SMARTS) is 1. The molecule has 0 saturated heterocycles. The molecular weight excluding hydrogens is 297 g/mol. The van der Waals surface area contributed by atoms with Gasteiger partial charge in [0.25, 0.3) is 0 Å². The number of rotatable bonds is 3.